The molecule has 2 rings (SSSR count). The number of carbonyl (C=O) groups is 1. The normalized spacial score (nSPS) is 18.6. The number of amides is 1. The maximum absolute atomic E-state index is 11.7. The zero-order chi connectivity index (χ0) is 11.6. The quantitative estimate of drug-likeness (QED) is 0.876. The number of aliphatic hydroxyl groups is 1. The number of nitrogens with one attached hydrogen (secondary N) is 1. The third-order valence-corrected chi connectivity index (χ3v) is 4.28. The number of thiophene rings is 1. The monoisotopic (exact) mass is 259 g/mol. The minimum atomic E-state index is -0.709. The van der Waals surface area contributed by atoms with E-state index in [2.05, 4.69) is 5.32 Å². The molecule has 5 heteroatoms. The Kier molecular flexibility index (Phi) is 3.52. The van der Waals surface area contributed by atoms with Crippen LogP contribution in [0.3, 0.4) is 0 Å². The van der Waals surface area contributed by atoms with Gasteiger partial charge in [0.05, 0.1) is 10.6 Å². The molecule has 2 N–H and O–H groups in total. The first-order chi connectivity index (χ1) is 7.61. The van der Waals surface area contributed by atoms with Crippen LogP contribution < -0.4 is 5.32 Å². The van der Waals surface area contributed by atoms with E-state index in [1.54, 1.807) is 11.4 Å². The molecule has 0 aromatic carbocycles. The first-order valence-electron chi connectivity index (χ1n) is 5.34. The summed E-state index contributed by atoms with van der Waals surface area (Å²) in [6.07, 6.45) is 3.61. The lowest BCUT2D eigenvalue weighted by molar-refractivity contribution is 0.0450. The molecule has 1 saturated carbocycles. The van der Waals surface area contributed by atoms with Gasteiger partial charge in [0.25, 0.3) is 5.91 Å². The molecule has 16 heavy (non-hydrogen) atoms. The van der Waals surface area contributed by atoms with E-state index in [9.17, 15) is 9.90 Å². The molecule has 0 aliphatic heterocycles. The second kappa shape index (κ2) is 4.73. The third kappa shape index (κ3) is 2.56. The maximum Gasteiger partial charge on any atom is 0.262 e. The van der Waals surface area contributed by atoms with E-state index in [0.29, 0.717) is 16.4 Å². The van der Waals surface area contributed by atoms with Crippen LogP contribution in [0, 0.1) is 0 Å². The Labute approximate surface area is 103 Å². The van der Waals surface area contributed by atoms with E-state index in [0.717, 1.165) is 25.7 Å². The highest BCUT2D eigenvalue weighted by molar-refractivity contribution is 7.12. The molecular weight excluding hydrogens is 246 g/mol. The predicted octanol–water partition coefficient (Wildman–Crippen LogP) is 2.44. The van der Waals surface area contributed by atoms with Gasteiger partial charge in [-0.3, -0.25) is 4.79 Å². The molecule has 1 aromatic heterocycles. The molecule has 1 amide bonds. The molecular formula is C11H14ClNO2S. The van der Waals surface area contributed by atoms with Gasteiger partial charge in [0, 0.05) is 6.54 Å². The molecule has 0 spiro atoms. The van der Waals surface area contributed by atoms with E-state index in [-0.39, 0.29) is 5.91 Å². The van der Waals surface area contributed by atoms with Crippen LogP contribution in [0.4, 0.5) is 0 Å². The lowest BCUT2D eigenvalue weighted by Gasteiger charge is -2.22. The van der Waals surface area contributed by atoms with Crippen LogP contribution in [0.1, 0.15) is 35.4 Å². The van der Waals surface area contributed by atoms with Gasteiger partial charge in [0.15, 0.2) is 0 Å². The number of rotatable bonds is 3. The van der Waals surface area contributed by atoms with Crippen molar-refractivity contribution < 1.29 is 9.90 Å². The molecule has 0 unspecified atom stereocenters. The molecule has 1 aromatic rings. The Morgan fingerprint density at radius 2 is 2.25 bits per heavy atom. The van der Waals surface area contributed by atoms with Crippen molar-refractivity contribution in [2.75, 3.05) is 6.54 Å². The van der Waals surface area contributed by atoms with Crippen molar-refractivity contribution in [3.05, 3.63) is 21.3 Å². The predicted molar refractivity (Wildman–Crippen MR) is 65.1 cm³/mol. The molecule has 0 saturated heterocycles. The van der Waals surface area contributed by atoms with Crippen molar-refractivity contribution in [1.29, 1.82) is 0 Å². The summed E-state index contributed by atoms with van der Waals surface area (Å²) in [5.41, 5.74) is -0.709. The zero-order valence-corrected chi connectivity index (χ0v) is 10.4. The van der Waals surface area contributed by atoms with Crippen LogP contribution in [0.5, 0.6) is 0 Å². The highest BCUT2D eigenvalue weighted by Gasteiger charge is 2.31. The van der Waals surface area contributed by atoms with Gasteiger partial charge < -0.3 is 10.4 Å². The molecule has 1 heterocycles. The van der Waals surface area contributed by atoms with Crippen molar-refractivity contribution in [1.82, 2.24) is 5.32 Å². The number of hydrogen-bond donors (Lipinski definition) is 2. The summed E-state index contributed by atoms with van der Waals surface area (Å²) < 4.78 is 0. The summed E-state index contributed by atoms with van der Waals surface area (Å²) in [5.74, 6) is -0.194. The fraction of sp³-hybridized carbons (Fsp3) is 0.545. The molecule has 3 nitrogen and oxygen atoms in total. The molecule has 0 atom stereocenters. The van der Waals surface area contributed by atoms with Crippen LogP contribution in [0.15, 0.2) is 11.4 Å². The van der Waals surface area contributed by atoms with Gasteiger partial charge in [0.1, 0.15) is 4.88 Å². The first-order valence-corrected chi connectivity index (χ1v) is 6.60. The van der Waals surface area contributed by atoms with Crippen LogP contribution in [-0.4, -0.2) is 23.2 Å². The average Bonchev–Trinajstić information content (AvgIpc) is 2.85. The summed E-state index contributed by atoms with van der Waals surface area (Å²) in [4.78, 5) is 12.2. The maximum atomic E-state index is 11.7. The van der Waals surface area contributed by atoms with Gasteiger partial charge >= 0.3 is 0 Å². The van der Waals surface area contributed by atoms with Crippen LogP contribution in [0.2, 0.25) is 5.02 Å². The first kappa shape index (κ1) is 11.9. The lowest BCUT2D eigenvalue weighted by atomic mass is 10.0. The number of hydrogen-bond acceptors (Lipinski definition) is 3. The Balaban J connectivity index is 1.91. The zero-order valence-electron chi connectivity index (χ0n) is 8.83. The summed E-state index contributed by atoms with van der Waals surface area (Å²) >= 11 is 7.17. The van der Waals surface area contributed by atoms with Crippen LogP contribution in [-0.2, 0) is 0 Å². The second-order valence-electron chi connectivity index (χ2n) is 4.21. The summed E-state index contributed by atoms with van der Waals surface area (Å²) in [7, 11) is 0. The smallest absolute Gasteiger partial charge is 0.262 e. The largest absolute Gasteiger partial charge is 0.388 e. The SMILES string of the molecule is O=C(NCC1(O)CCCC1)c1sccc1Cl. The Hall–Kier alpha value is -0.580. The third-order valence-electron chi connectivity index (χ3n) is 2.94. The van der Waals surface area contributed by atoms with E-state index in [1.165, 1.54) is 11.3 Å². The second-order valence-corrected chi connectivity index (χ2v) is 5.54. The lowest BCUT2D eigenvalue weighted by Crippen LogP contribution is -2.40. The van der Waals surface area contributed by atoms with Crippen LogP contribution >= 0.6 is 22.9 Å². The van der Waals surface area contributed by atoms with Gasteiger partial charge in [-0.15, -0.1) is 11.3 Å². The summed E-state index contributed by atoms with van der Waals surface area (Å²) in [6.45, 7) is 0.320. The van der Waals surface area contributed by atoms with Gasteiger partial charge in [-0.05, 0) is 24.3 Å². The van der Waals surface area contributed by atoms with Crippen molar-refractivity contribution in [3.8, 4) is 0 Å². The van der Waals surface area contributed by atoms with E-state index >= 15 is 0 Å². The molecule has 1 aliphatic carbocycles. The average molecular weight is 260 g/mol. The summed E-state index contributed by atoms with van der Waals surface area (Å²) in [6, 6.07) is 1.70. The topological polar surface area (TPSA) is 49.3 Å². The highest BCUT2D eigenvalue weighted by Crippen LogP contribution is 2.29. The molecule has 1 fully saturated rings. The minimum Gasteiger partial charge on any atom is -0.388 e. The van der Waals surface area contributed by atoms with Gasteiger partial charge in [-0.2, -0.15) is 0 Å². The van der Waals surface area contributed by atoms with Crippen LogP contribution in [0.25, 0.3) is 0 Å². The van der Waals surface area contributed by atoms with Crippen molar-refractivity contribution >= 4 is 28.8 Å². The van der Waals surface area contributed by atoms with Crippen molar-refractivity contribution in [3.63, 3.8) is 0 Å². The Morgan fingerprint density at radius 3 is 2.81 bits per heavy atom. The van der Waals surface area contributed by atoms with Crippen molar-refractivity contribution in [2.24, 2.45) is 0 Å². The fourth-order valence-electron chi connectivity index (χ4n) is 1.99. The number of carbonyl (C=O) groups excluding carboxylic acids is 1. The molecule has 88 valence electrons. The standard InChI is InChI=1S/C11H14ClNO2S/c12-8-3-6-16-9(8)10(14)13-7-11(15)4-1-2-5-11/h3,6,15H,1-2,4-5,7H2,(H,13,14). The van der Waals surface area contributed by atoms with E-state index < -0.39 is 5.60 Å². The highest BCUT2D eigenvalue weighted by atomic mass is 35.5. The Bertz CT molecular complexity index is 385. The summed E-state index contributed by atoms with van der Waals surface area (Å²) in [5, 5.41) is 15.1. The molecule has 1 aliphatic rings. The van der Waals surface area contributed by atoms with Gasteiger partial charge in [-0.1, -0.05) is 24.4 Å². The van der Waals surface area contributed by atoms with E-state index in [4.69, 9.17) is 11.6 Å². The Morgan fingerprint density at radius 1 is 1.56 bits per heavy atom. The number of halogens is 1. The fourth-order valence-corrected chi connectivity index (χ4v) is 3.05. The van der Waals surface area contributed by atoms with Crippen molar-refractivity contribution in [2.45, 2.75) is 31.3 Å². The molecule has 0 radical (unpaired) electrons. The van der Waals surface area contributed by atoms with E-state index in [1.807, 2.05) is 0 Å². The minimum absolute atomic E-state index is 0.194. The molecule has 0 bridgehead atoms. The van der Waals surface area contributed by atoms with Gasteiger partial charge in [0.2, 0.25) is 0 Å². The van der Waals surface area contributed by atoms with Gasteiger partial charge in [-0.25, -0.2) is 0 Å².